The molecule has 3 rings (SSSR count). The van der Waals surface area contributed by atoms with Crippen molar-refractivity contribution in [2.24, 2.45) is 0 Å². The fraction of sp³-hybridized carbons (Fsp3) is 0.273. The maximum Gasteiger partial charge on any atom is 0.281 e. The van der Waals surface area contributed by atoms with Gasteiger partial charge in [0.25, 0.3) is 10.0 Å². The van der Waals surface area contributed by atoms with Gasteiger partial charge in [-0.3, -0.25) is 9.12 Å². The van der Waals surface area contributed by atoms with Crippen molar-refractivity contribution in [2.75, 3.05) is 4.72 Å². The van der Waals surface area contributed by atoms with Crippen LogP contribution in [0, 0.1) is 0 Å². The van der Waals surface area contributed by atoms with Crippen LogP contribution in [0.3, 0.4) is 0 Å². The lowest BCUT2D eigenvalue weighted by atomic mass is 10.3. The third-order valence-electron chi connectivity index (χ3n) is 2.66. The number of aryl methyl sites for hydroxylation is 1. The van der Waals surface area contributed by atoms with Crippen molar-refractivity contribution < 1.29 is 8.42 Å². The molecule has 20 heavy (non-hydrogen) atoms. The summed E-state index contributed by atoms with van der Waals surface area (Å²) in [6.45, 7) is 2.07. The summed E-state index contributed by atoms with van der Waals surface area (Å²) < 4.78 is 28.7. The molecule has 1 N–H and O–H groups in total. The summed E-state index contributed by atoms with van der Waals surface area (Å²) in [6, 6.07) is 0. The second-order valence-corrected chi connectivity index (χ2v) is 7.76. The maximum absolute atomic E-state index is 12.3. The van der Waals surface area contributed by atoms with E-state index in [4.69, 9.17) is 0 Å². The number of fused-ring (bicyclic) bond motifs is 1. The molecule has 0 aromatic carbocycles. The zero-order chi connectivity index (χ0) is 14.2. The number of imidazole rings is 1. The van der Waals surface area contributed by atoms with Gasteiger partial charge in [-0.1, -0.05) is 13.3 Å². The van der Waals surface area contributed by atoms with E-state index in [1.807, 2.05) is 0 Å². The normalized spacial score (nSPS) is 12.1. The van der Waals surface area contributed by atoms with Crippen LogP contribution in [0.2, 0.25) is 0 Å². The Labute approximate surface area is 124 Å². The molecular weight excluding hydrogens is 316 g/mol. The molecule has 0 radical (unpaired) electrons. The molecule has 0 aliphatic carbocycles. The van der Waals surface area contributed by atoms with Crippen molar-refractivity contribution in [1.29, 1.82) is 0 Å². The highest BCUT2D eigenvalue weighted by atomic mass is 32.2. The predicted molar refractivity (Wildman–Crippen MR) is 80.0 cm³/mol. The topological polar surface area (TPSA) is 76.4 Å². The fourth-order valence-corrected chi connectivity index (χ4v) is 4.78. The molecule has 3 aromatic heterocycles. The number of aromatic nitrogens is 3. The van der Waals surface area contributed by atoms with Gasteiger partial charge < -0.3 is 0 Å². The second kappa shape index (κ2) is 5.15. The molecule has 0 fully saturated rings. The summed E-state index contributed by atoms with van der Waals surface area (Å²) in [7, 11) is -3.66. The highest BCUT2D eigenvalue weighted by Crippen LogP contribution is 2.24. The van der Waals surface area contributed by atoms with Gasteiger partial charge in [0, 0.05) is 22.7 Å². The zero-order valence-electron chi connectivity index (χ0n) is 10.6. The van der Waals surface area contributed by atoms with Crippen molar-refractivity contribution in [1.82, 2.24) is 14.4 Å². The Hall–Kier alpha value is -1.45. The van der Waals surface area contributed by atoms with Gasteiger partial charge in [-0.2, -0.15) is 8.42 Å². The highest BCUT2D eigenvalue weighted by Gasteiger charge is 2.21. The van der Waals surface area contributed by atoms with Crippen LogP contribution < -0.4 is 4.72 Å². The van der Waals surface area contributed by atoms with Crippen LogP contribution in [0.15, 0.2) is 29.0 Å². The molecule has 6 nitrogen and oxygen atoms in total. The average molecular weight is 328 g/mol. The molecule has 3 aromatic rings. The lowest BCUT2D eigenvalue weighted by molar-refractivity contribution is 0.596. The monoisotopic (exact) mass is 328 g/mol. The summed E-state index contributed by atoms with van der Waals surface area (Å²) in [5, 5.41) is 2.31. The number of nitrogens with zero attached hydrogens (tertiary/aromatic N) is 3. The van der Waals surface area contributed by atoms with E-state index >= 15 is 0 Å². The van der Waals surface area contributed by atoms with Gasteiger partial charge in [0.15, 0.2) is 15.1 Å². The molecule has 0 saturated heterocycles. The van der Waals surface area contributed by atoms with Gasteiger partial charge >= 0.3 is 0 Å². The van der Waals surface area contributed by atoms with Crippen LogP contribution in [-0.2, 0) is 16.4 Å². The Morgan fingerprint density at radius 1 is 1.35 bits per heavy atom. The molecule has 0 aliphatic rings. The van der Waals surface area contributed by atoms with Crippen LogP contribution in [0.1, 0.15) is 18.2 Å². The standard InChI is InChI=1S/C11H12N4O2S3/c1-2-3-8-6-12-10(19-8)14-20(16,17)9-7-13-11-15(9)4-5-18-11/h4-7H,2-3H2,1H3,(H,12,14). The van der Waals surface area contributed by atoms with Crippen LogP contribution in [0.5, 0.6) is 0 Å². The molecule has 106 valence electrons. The van der Waals surface area contributed by atoms with Crippen molar-refractivity contribution in [3.8, 4) is 0 Å². The van der Waals surface area contributed by atoms with Gasteiger partial charge in [-0.05, 0) is 6.42 Å². The Morgan fingerprint density at radius 3 is 3.00 bits per heavy atom. The van der Waals surface area contributed by atoms with Crippen LogP contribution in [0.25, 0.3) is 4.96 Å². The van der Waals surface area contributed by atoms with Gasteiger partial charge in [-0.15, -0.1) is 22.7 Å². The summed E-state index contributed by atoms with van der Waals surface area (Å²) in [5.74, 6) is 0. The van der Waals surface area contributed by atoms with Crippen molar-refractivity contribution >= 4 is 42.8 Å². The first-order valence-electron chi connectivity index (χ1n) is 5.98. The molecule has 0 unspecified atom stereocenters. The van der Waals surface area contributed by atoms with Crippen molar-refractivity contribution in [2.45, 2.75) is 24.8 Å². The summed E-state index contributed by atoms with van der Waals surface area (Å²) in [4.78, 5) is 9.88. The molecular formula is C11H12N4O2S3. The zero-order valence-corrected chi connectivity index (χ0v) is 13.1. The number of hydrogen-bond donors (Lipinski definition) is 1. The summed E-state index contributed by atoms with van der Waals surface area (Å²) >= 11 is 2.75. The van der Waals surface area contributed by atoms with Gasteiger partial charge in [0.1, 0.15) is 0 Å². The largest absolute Gasteiger partial charge is 0.281 e. The average Bonchev–Trinajstić information content (AvgIpc) is 3.04. The Kier molecular flexibility index (Phi) is 3.48. The van der Waals surface area contributed by atoms with Gasteiger partial charge in [0.2, 0.25) is 0 Å². The van der Waals surface area contributed by atoms with Crippen LogP contribution in [-0.4, -0.2) is 22.8 Å². The Morgan fingerprint density at radius 2 is 2.20 bits per heavy atom. The van der Waals surface area contributed by atoms with Gasteiger partial charge in [-0.25, -0.2) is 9.97 Å². The molecule has 0 atom stereocenters. The number of thiazole rings is 2. The number of nitrogens with one attached hydrogen (secondary N) is 1. The van der Waals surface area contributed by atoms with Crippen LogP contribution >= 0.6 is 22.7 Å². The third kappa shape index (κ3) is 2.43. The minimum absolute atomic E-state index is 0.126. The van der Waals surface area contributed by atoms with Gasteiger partial charge in [0.05, 0.1) is 6.20 Å². The van der Waals surface area contributed by atoms with E-state index in [1.54, 1.807) is 22.2 Å². The van der Waals surface area contributed by atoms with E-state index < -0.39 is 10.0 Å². The third-order valence-corrected chi connectivity index (χ3v) is 5.85. The number of rotatable bonds is 5. The first-order chi connectivity index (χ1) is 9.60. The van der Waals surface area contributed by atoms with E-state index in [0.29, 0.717) is 10.1 Å². The maximum atomic E-state index is 12.3. The molecule has 3 heterocycles. The number of anilines is 1. The quantitative estimate of drug-likeness (QED) is 0.781. The SMILES string of the molecule is CCCc1cnc(NS(=O)(=O)c2cnc3sccn23)s1. The van der Waals surface area contributed by atoms with Crippen molar-refractivity contribution in [3.05, 3.63) is 28.8 Å². The van der Waals surface area contributed by atoms with E-state index in [0.717, 1.165) is 17.7 Å². The smallest absolute Gasteiger partial charge is 0.279 e. The lowest BCUT2D eigenvalue weighted by Gasteiger charge is -2.02. The first kappa shape index (κ1) is 13.5. The second-order valence-electron chi connectivity index (χ2n) is 4.14. The number of sulfonamides is 1. The van der Waals surface area contributed by atoms with E-state index in [9.17, 15) is 8.42 Å². The molecule has 0 spiro atoms. The van der Waals surface area contributed by atoms with E-state index in [1.165, 1.54) is 28.9 Å². The molecule has 0 amide bonds. The highest BCUT2D eigenvalue weighted by molar-refractivity contribution is 7.92. The molecule has 0 aliphatic heterocycles. The van der Waals surface area contributed by atoms with Crippen LogP contribution in [0.4, 0.5) is 5.13 Å². The van der Waals surface area contributed by atoms with Crippen molar-refractivity contribution in [3.63, 3.8) is 0 Å². The summed E-state index contributed by atoms with van der Waals surface area (Å²) in [6.07, 6.45) is 6.66. The van der Waals surface area contributed by atoms with E-state index in [2.05, 4.69) is 21.6 Å². The fourth-order valence-electron chi connectivity index (χ4n) is 1.79. The summed E-state index contributed by atoms with van der Waals surface area (Å²) in [5.41, 5.74) is 0. The Balaban J connectivity index is 1.90. The van der Waals surface area contributed by atoms with E-state index in [-0.39, 0.29) is 5.03 Å². The minimum atomic E-state index is -3.66. The Bertz CT molecular complexity index is 831. The lowest BCUT2D eigenvalue weighted by Crippen LogP contribution is -2.14. The number of hydrogen-bond acceptors (Lipinski definition) is 6. The molecule has 9 heteroatoms. The molecule has 0 saturated carbocycles. The molecule has 0 bridgehead atoms. The predicted octanol–water partition coefficient (Wildman–Crippen LogP) is 2.61. The minimum Gasteiger partial charge on any atom is -0.279 e. The first-order valence-corrected chi connectivity index (χ1v) is 9.16.